The van der Waals surface area contributed by atoms with E-state index < -0.39 is 11.7 Å². The van der Waals surface area contributed by atoms with Gasteiger partial charge >= 0.3 is 12.1 Å². The first kappa shape index (κ1) is 20.8. The number of hydrogen-bond acceptors (Lipinski definition) is 5. The lowest BCUT2D eigenvalue weighted by Gasteiger charge is -2.27. The maximum absolute atomic E-state index is 12.1. The van der Waals surface area contributed by atoms with Gasteiger partial charge in [-0.05, 0) is 50.3 Å². The van der Waals surface area contributed by atoms with Gasteiger partial charge in [0.2, 0.25) is 0 Å². The molecule has 0 saturated heterocycles. The van der Waals surface area contributed by atoms with E-state index in [2.05, 4.69) is 10.3 Å². The van der Waals surface area contributed by atoms with Crippen LogP contribution in [-0.2, 0) is 40.1 Å². The minimum atomic E-state index is -0.515. The smallest absolute Gasteiger partial charge is 0.407 e. The molecule has 0 unspecified atom stereocenters. The molecule has 6 nitrogen and oxygen atoms in total. The molecule has 1 aromatic carbocycles. The minimum absolute atomic E-state index is 0.00605. The lowest BCUT2D eigenvalue weighted by Crippen LogP contribution is -2.42. The predicted octanol–water partition coefficient (Wildman–Crippen LogP) is 3.75. The van der Waals surface area contributed by atoms with Gasteiger partial charge in [-0.25, -0.2) is 4.79 Å². The number of esters is 1. The molecule has 154 valence electrons. The molecule has 0 saturated carbocycles. The van der Waals surface area contributed by atoms with Crippen molar-refractivity contribution >= 4 is 12.1 Å². The van der Waals surface area contributed by atoms with Gasteiger partial charge < -0.3 is 14.8 Å². The van der Waals surface area contributed by atoms with Crippen LogP contribution < -0.4 is 5.32 Å². The first-order valence-corrected chi connectivity index (χ1v) is 9.94. The van der Waals surface area contributed by atoms with E-state index in [1.54, 1.807) is 6.20 Å². The Morgan fingerprint density at radius 1 is 1.17 bits per heavy atom. The van der Waals surface area contributed by atoms with Crippen LogP contribution in [0.3, 0.4) is 0 Å². The number of pyridine rings is 1. The highest BCUT2D eigenvalue weighted by atomic mass is 16.6. The van der Waals surface area contributed by atoms with Crippen molar-refractivity contribution < 1.29 is 19.1 Å². The average molecular weight is 396 g/mol. The molecule has 1 N–H and O–H groups in total. The number of fused-ring (bicyclic) bond motifs is 1. The van der Waals surface area contributed by atoms with Gasteiger partial charge in [0, 0.05) is 24.4 Å². The highest BCUT2D eigenvalue weighted by Gasteiger charge is 2.24. The summed E-state index contributed by atoms with van der Waals surface area (Å²) in [6.07, 6.45) is 3.80. The number of nitrogens with zero attached hydrogens (tertiary/aromatic N) is 1. The Labute approximate surface area is 171 Å². The van der Waals surface area contributed by atoms with Crippen molar-refractivity contribution in [3.05, 3.63) is 65.0 Å². The van der Waals surface area contributed by atoms with Gasteiger partial charge in [-0.1, -0.05) is 36.4 Å². The summed E-state index contributed by atoms with van der Waals surface area (Å²) in [5, 5.41) is 2.92. The highest BCUT2D eigenvalue weighted by Crippen LogP contribution is 2.21. The van der Waals surface area contributed by atoms with Crippen molar-refractivity contribution in [2.45, 2.75) is 64.7 Å². The SMILES string of the molecule is CC(C)(C)OC(=O)N[C@H]1CCc2cc(CC(=O)OCc3ccccc3)cnc2C1. The molecule has 0 spiro atoms. The molecular weight excluding hydrogens is 368 g/mol. The molecule has 29 heavy (non-hydrogen) atoms. The van der Waals surface area contributed by atoms with Gasteiger partial charge in [0.15, 0.2) is 0 Å². The number of benzene rings is 1. The van der Waals surface area contributed by atoms with Crippen LogP contribution in [0.25, 0.3) is 0 Å². The van der Waals surface area contributed by atoms with Crippen LogP contribution in [0.4, 0.5) is 4.79 Å². The zero-order chi connectivity index (χ0) is 20.9. The van der Waals surface area contributed by atoms with Crippen LogP contribution in [0.5, 0.6) is 0 Å². The number of nitrogens with one attached hydrogen (secondary N) is 1. The number of carbonyl (C=O) groups is 2. The van der Waals surface area contributed by atoms with Crippen LogP contribution in [0.2, 0.25) is 0 Å². The van der Waals surface area contributed by atoms with Gasteiger partial charge in [0.25, 0.3) is 0 Å². The molecule has 1 amide bonds. The van der Waals surface area contributed by atoms with E-state index in [-0.39, 0.29) is 25.0 Å². The molecule has 0 fully saturated rings. The topological polar surface area (TPSA) is 77.5 Å². The second-order valence-corrected chi connectivity index (χ2v) is 8.36. The van der Waals surface area contributed by atoms with Crippen molar-refractivity contribution in [3.8, 4) is 0 Å². The van der Waals surface area contributed by atoms with Crippen molar-refractivity contribution in [2.24, 2.45) is 0 Å². The summed E-state index contributed by atoms with van der Waals surface area (Å²) in [5.74, 6) is -0.268. The summed E-state index contributed by atoms with van der Waals surface area (Å²) in [6.45, 7) is 5.81. The van der Waals surface area contributed by atoms with Gasteiger partial charge in [0.05, 0.1) is 6.42 Å². The van der Waals surface area contributed by atoms with Crippen LogP contribution in [0.15, 0.2) is 42.6 Å². The van der Waals surface area contributed by atoms with E-state index in [4.69, 9.17) is 9.47 Å². The molecule has 0 radical (unpaired) electrons. The first-order chi connectivity index (χ1) is 13.8. The number of alkyl carbamates (subject to hydrolysis) is 1. The number of aromatic nitrogens is 1. The second kappa shape index (κ2) is 9.07. The third-order valence-electron chi connectivity index (χ3n) is 4.63. The molecule has 1 heterocycles. The van der Waals surface area contributed by atoms with Gasteiger partial charge in [-0.15, -0.1) is 0 Å². The van der Waals surface area contributed by atoms with Gasteiger partial charge in [-0.2, -0.15) is 0 Å². The maximum Gasteiger partial charge on any atom is 0.407 e. The number of aryl methyl sites for hydroxylation is 1. The van der Waals surface area contributed by atoms with E-state index in [0.717, 1.165) is 35.2 Å². The van der Waals surface area contributed by atoms with Crippen LogP contribution in [-0.4, -0.2) is 28.7 Å². The van der Waals surface area contributed by atoms with Crippen molar-refractivity contribution in [1.82, 2.24) is 10.3 Å². The number of hydrogen-bond donors (Lipinski definition) is 1. The maximum atomic E-state index is 12.1. The lowest BCUT2D eigenvalue weighted by atomic mass is 9.91. The Hall–Kier alpha value is -2.89. The van der Waals surface area contributed by atoms with Crippen LogP contribution >= 0.6 is 0 Å². The Kier molecular flexibility index (Phi) is 6.52. The van der Waals surface area contributed by atoms with Crippen LogP contribution in [0, 0.1) is 0 Å². The van der Waals surface area contributed by atoms with E-state index in [9.17, 15) is 9.59 Å². The van der Waals surface area contributed by atoms with E-state index in [0.29, 0.717) is 6.42 Å². The molecule has 3 rings (SSSR count). The molecule has 2 aromatic rings. The summed E-state index contributed by atoms with van der Waals surface area (Å²) in [4.78, 5) is 28.6. The Morgan fingerprint density at radius 3 is 2.66 bits per heavy atom. The molecule has 1 aromatic heterocycles. The third-order valence-corrected chi connectivity index (χ3v) is 4.63. The van der Waals surface area contributed by atoms with E-state index in [1.807, 2.05) is 57.2 Å². The normalized spacial score (nSPS) is 15.9. The lowest BCUT2D eigenvalue weighted by molar-refractivity contribution is -0.144. The zero-order valence-corrected chi connectivity index (χ0v) is 17.2. The van der Waals surface area contributed by atoms with Crippen LogP contribution in [0.1, 0.15) is 49.6 Å². The highest BCUT2D eigenvalue weighted by molar-refractivity contribution is 5.72. The number of amides is 1. The van der Waals surface area contributed by atoms with E-state index in [1.165, 1.54) is 0 Å². The monoisotopic (exact) mass is 396 g/mol. The molecule has 1 aliphatic rings. The van der Waals surface area contributed by atoms with Crippen molar-refractivity contribution in [2.75, 3.05) is 0 Å². The summed E-state index contributed by atoms with van der Waals surface area (Å²) < 4.78 is 10.7. The molecule has 0 aliphatic heterocycles. The summed E-state index contributed by atoms with van der Waals surface area (Å²) in [7, 11) is 0. The first-order valence-electron chi connectivity index (χ1n) is 9.94. The second-order valence-electron chi connectivity index (χ2n) is 8.36. The Balaban J connectivity index is 1.51. The molecule has 0 bridgehead atoms. The molecule has 6 heteroatoms. The average Bonchev–Trinajstić information content (AvgIpc) is 2.66. The third kappa shape index (κ3) is 6.59. The van der Waals surface area contributed by atoms with Crippen molar-refractivity contribution in [1.29, 1.82) is 0 Å². The molecular formula is C23H28N2O4. The standard InChI is InChI=1S/C23H28N2O4/c1-23(2,3)29-22(27)25-19-10-9-18-11-17(14-24-20(18)13-19)12-21(26)28-15-16-7-5-4-6-8-16/h4-8,11,14,19H,9-10,12-13,15H2,1-3H3,(H,25,27)/t19-/m0/s1. The van der Waals surface area contributed by atoms with Gasteiger partial charge in [-0.3, -0.25) is 9.78 Å². The zero-order valence-electron chi connectivity index (χ0n) is 17.2. The molecule has 1 aliphatic carbocycles. The van der Waals surface area contributed by atoms with Gasteiger partial charge in [0.1, 0.15) is 12.2 Å². The number of ether oxygens (including phenoxy) is 2. The Bertz CT molecular complexity index is 859. The fraction of sp³-hybridized carbons (Fsp3) is 0.435. The summed E-state index contributed by atoms with van der Waals surface area (Å²) in [6, 6.07) is 11.6. The fourth-order valence-corrected chi connectivity index (χ4v) is 3.30. The summed E-state index contributed by atoms with van der Waals surface area (Å²) >= 11 is 0. The quantitative estimate of drug-likeness (QED) is 0.779. The minimum Gasteiger partial charge on any atom is -0.461 e. The largest absolute Gasteiger partial charge is 0.461 e. The van der Waals surface area contributed by atoms with E-state index >= 15 is 0 Å². The Morgan fingerprint density at radius 2 is 1.93 bits per heavy atom. The predicted molar refractivity (Wildman–Crippen MR) is 109 cm³/mol. The van der Waals surface area contributed by atoms with Crippen molar-refractivity contribution in [3.63, 3.8) is 0 Å². The number of carbonyl (C=O) groups excluding carboxylic acids is 2. The fourth-order valence-electron chi connectivity index (χ4n) is 3.30. The molecule has 1 atom stereocenters. The summed E-state index contributed by atoms with van der Waals surface area (Å²) in [5.41, 5.74) is 3.38. The number of rotatable bonds is 5.